The van der Waals surface area contributed by atoms with Crippen molar-refractivity contribution < 1.29 is 9.84 Å². The third-order valence-corrected chi connectivity index (χ3v) is 3.14. The number of hydrogen-bond donors (Lipinski definition) is 1. The van der Waals surface area contributed by atoms with Crippen LogP contribution in [0.4, 0.5) is 0 Å². The molecule has 0 bridgehead atoms. The number of ether oxygens (including phenoxy) is 1. The van der Waals surface area contributed by atoms with E-state index in [1.54, 1.807) is 6.92 Å². The molecule has 1 aromatic carbocycles. The van der Waals surface area contributed by atoms with Crippen molar-refractivity contribution in [3.05, 3.63) is 28.2 Å². The van der Waals surface area contributed by atoms with Gasteiger partial charge < -0.3 is 9.84 Å². The zero-order chi connectivity index (χ0) is 12.1. The molecule has 0 aromatic heterocycles. The lowest BCUT2D eigenvalue weighted by Gasteiger charge is -2.16. The summed E-state index contributed by atoms with van der Waals surface area (Å²) in [5, 5.41) is 9.62. The maximum atomic E-state index is 9.62. The van der Waals surface area contributed by atoms with Crippen molar-refractivity contribution >= 4 is 15.9 Å². The summed E-state index contributed by atoms with van der Waals surface area (Å²) in [7, 11) is 0. The summed E-state index contributed by atoms with van der Waals surface area (Å²) in [6, 6.07) is 5.71. The molecule has 3 heteroatoms. The predicted octanol–water partition coefficient (Wildman–Crippen LogP) is 3.93. The highest BCUT2D eigenvalue weighted by molar-refractivity contribution is 9.10. The Morgan fingerprint density at radius 1 is 1.38 bits per heavy atom. The van der Waals surface area contributed by atoms with Gasteiger partial charge in [-0.15, -0.1) is 0 Å². The molecule has 1 N–H and O–H groups in total. The Kier molecular flexibility index (Phi) is 5.29. The molecule has 0 radical (unpaired) electrons. The Bertz CT molecular complexity index is 337. The Morgan fingerprint density at radius 3 is 2.62 bits per heavy atom. The van der Waals surface area contributed by atoms with Gasteiger partial charge in [-0.05, 0) is 25.0 Å². The third-order valence-electron chi connectivity index (χ3n) is 2.65. The van der Waals surface area contributed by atoms with Gasteiger partial charge in [-0.3, -0.25) is 0 Å². The van der Waals surface area contributed by atoms with Crippen LogP contribution >= 0.6 is 15.9 Å². The highest BCUT2D eigenvalue weighted by atomic mass is 79.9. The van der Waals surface area contributed by atoms with Gasteiger partial charge in [0.25, 0.3) is 0 Å². The second kappa shape index (κ2) is 6.26. The van der Waals surface area contributed by atoms with Crippen LogP contribution in [0.1, 0.15) is 38.9 Å². The predicted molar refractivity (Wildman–Crippen MR) is 69.7 cm³/mol. The molecule has 2 atom stereocenters. The van der Waals surface area contributed by atoms with Crippen LogP contribution in [0.5, 0.6) is 5.75 Å². The molecular weight excluding hydrogens is 268 g/mol. The Labute approximate surface area is 106 Å². The van der Waals surface area contributed by atoms with Crippen molar-refractivity contribution in [2.75, 3.05) is 6.61 Å². The molecule has 0 heterocycles. The number of aliphatic hydroxyl groups excluding tert-OH is 1. The van der Waals surface area contributed by atoms with Crippen LogP contribution in [-0.4, -0.2) is 11.7 Å². The number of hydrogen-bond acceptors (Lipinski definition) is 2. The van der Waals surface area contributed by atoms with E-state index in [1.807, 2.05) is 18.2 Å². The number of halogens is 1. The summed E-state index contributed by atoms with van der Waals surface area (Å²) in [5.41, 5.74) is 0.839. The summed E-state index contributed by atoms with van der Waals surface area (Å²) >= 11 is 3.41. The molecule has 1 unspecified atom stereocenters. The molecule has 16 heavy (non-hydrogen) atoms. The van der Waals surface area contributed by atoms with Crippen molar-refractivity contribution in [3.8, 4) is 5.75 Å². The summed E-state index contributed by atoms with van der Waals surface area (Å²) in [5.74, 6) is 1.30. The zero-order valence-electron chi connectivity index (χ0n) is 10.0. The van der Waals surface area contributed by atoms with E-state index in [2.05, 4.69) is 29.8 Å². The largest absolute Gasteiger partial charge is 0.493 e. The standard InChI is InChI=1S/C13H19BrO2/c1-4-9(2)8-16-13-7-11(14)5-6-12(13)10(3)15/h5-7,9-10,15H,4,8H2,1-3H3/t9?,10-/m1/s1. The SMILES string of the molecule is CCC(C)COc1cc(Br)ccc1[C@@H](C)O. The normalized spacial score (nSPS) is 14.6. The molecule has 90 valence electrons. The maximum Gasteiger partial charge on any atom is 0.126 e. The molecule has 0 spiro atoms. The maximum absolute atomic E-state index is 9.62. The fourth-order valence-corrected chi connectivity index (χ4v) is 1.67. The zero-order valence-corrected chi connectivity index (χ0v) is 11.6. The van der Waals surface area contributed by atoms with Crippen LogP contribution in [0.15, 0.2) is 22.7 Å². The van der Waals surface area contributed by atoms with E-state index >= 15 is 0 Å². The topological polar surface area (TPSA) is 29.5 Å². The van der Waals surface area contributed by atoms with Gasteiger partial charge in [0.1, 0.15) is 5.75 Å². The minimum Gasteiger partial charge on any atom is -0.493 e. The van der Waals surface area contributed by atoms with Crippen molar-refractivity contribution in [2.45, 2.75) is 33.3 Å². The van der Waals surface area contributed by atoms with E-state index in [-0.39, 0.29) is 0 Å². The molecule has 1 aromatic rings. The summed E-state index contributed by atoms with van der Waals surface area (Å²) in [6.07, 6.45) is 0.595. The minimum atomic E-state index is -0.500. The van der Waals surface area contributed by atoms with Crippen molar-refractivity contribution in [3.63, 3.8) is 0 Å². The van der Waals surface area contributed by atoms with Gasteiger partial charge in [0, 0.05) is 10.0 Å². The van der Waals surface area contributed by atoms with E-state index in [0.717, 1.165) is 22.2 Å². The third kappa shape index (κ3) is 3.80. The minimum absolute atomic E-state index is 0.500. The quantitative estimate of drug-likeness (QED) is 0.889. The lowest BCUT2D eigenvalue weighted by Crippen LogP contribution is -2.09. The first-order valence-corrected chi connectivity index (χ1v) is 6.44. The monoisotopic (exact) mass is 286 g/mol. The van der Waals surface area contributed by atoms with Crippen molar-refractivity contribution in [1.29, 1.82) is 0 Å². The number of rotatable bonds is 5. The van der Waals surface area contributed by atoms with Crippen LogP contribution in [-0.2, 0) is 0 Å². The summed E-state index contributed by atoms with van der Waals surface area (Å²) < 4.78 is 6.71. The summed E-state index contributed by atoms with van der Waals surface area (Å²) in [6.45, 7) is 6.73. The van der Waals surface area contributed by atoms with Gasteiger partial charge >= 0.3 is 0 Å². The fraction of sp³-hybridized carbons (Fsp3) is 0.538. The molecule has 0 saturated heterocycles. The highest BCUT2D eigenvalue weighted by Crippen LogP contribution is 2.29. The van der Waals surface area contributed by atoms with Gasteiger partial charge in [-0.1, -0.05) is 42.3 Å². The van der Waals surface area contributed by atoms with E-state index in [1.165, 1.54) is 0 Å². The second-order valence-electron chi connectivity index (χ2n) is 4.18. The highest BCUT2D eigenvalue weighted by Gasteiger charge is 2.10. The van der Waals surface area contributed by atoms with Gasteiger partial charge in [0.15, 0.2) is 0 Å². The van der Waals surface area contributed by atoms with Gasteiger partial charge in [-0.2, -0.15) is 0 Å². The Hall–Kier alpha value is -0.540. The van der Waals surface area contributed by atoms with E-state index in [0.29, 0.717) is 12.5 Å². The van der Waals surface area contributed by atoms with Gasteiger partial charge in [0.2, 0.25) is 0 Å². The first-order valence-electron chi connectivity index (χ1n) is 5.64. The van der Waals surface area contributed by atoms with E-state index < -0.39 is 6.10 Å². The first-order chi connectivity index (χ1) is 7.54. The molecule has 2 nitrogen and oxygen atoms in total. The molecule has 0 aliphatic rings. The van der Waals surface area contributed by atoms with Crippen LogP contribution in [0, 0.1) is 5.92 Å². The molecule has 0 amide bonds. The van der Waals surface area contributed by atoms with E-state index in [9.17, 15) is 5.11 Å². The molecule has 0 saturated carbocycles. The fourth-order valence-electron chi connectivity index (χ4n) is 1.33. The molecule has 1 rings (SSSR count). The van der Waals surface area contributed by atoms with Gasteiger partial charge in [0.05, 0.1) is 12.7 Å². The van der Waals surface area contributed by atoms with Crippen molar-refractivity contribution in [2.24, 2.45) is 5.92 Å². The molecule has 0 aliphatic heterocycles. The van der Waals surface area contributed by atoms with Crippen LogP contribution in [0.2, 0.25) is 0 Å². The van der Waals surface area contributed by atoms with E-state index in [4.69, 9.17) is 4.74 Å². The Morgan fingerprint density at radius 2 is 2.06 bits per heavy atom. The van der Waals surface area contributed by atoms with Crippen LogP contribution < -0.4 is 4.74 Å². The smallest absolute Gasteiger partial charge is 0.126 e. The Balaban J connectivity index is 2.80. The van der Waals surface area contributed by atoms with Crippen LogP contribution in [0.3, 0.4) is 0 Å². The summed E-state index contributed by atoms with van der Waals surface area (Å²) in [4.78, 5) is 0. The second-order valence-corrected chi connectivity index (χ2v) is 5.10. The molecule has 0 aliphatic carbocycles. The van der Waals surface area contributed by atoms with Crippen molar-refractivity contribution in [1.82, 2.24) is 0 Å². The van der Waals surface area contributed by atoms with Crippen LogP contribution in [0.25, 0.3) is 0 Å². The number of aliphatic hydroxyl groups is 1. The average Bonchev–Trinajstić information content (AvgIpc) is 2.25. The first kappa shape index (κ1) is 13.5. The van der Waals surface area contributed by atoms with Gasteiger partial charge in [-0.25, -0.2) is 0 Å². The number of benzene rings is 1. The average molecular weight is 287 g/mol. The molecule has 0 fully saturated rings. The molecular formula is C13H19BrO2. The lowest BCUT2D eigenvalue weighted by atomic mass is 10.1. The lowest BCUT2D eigenvalue weighted by molar-refractivity contribution is 0.186.